The van der Waals surface area contributed by atoms with Crippen molar-refractivity contribution in [3.05, 3.63) is 47.5 Å². The average Bonchev–Trinajstić information content (AvgIpc) is 3.07. The molecule has 0 atom stereocenters. The normalized spacial score (nSPS) is 15.1. The summed E-state index contributed by atoms with van der Waals surface area (Å²) in [4.78, 5) is 18.9. The molecule has 134 valence electrons. The van der Waals surface area contributed by atoms with E-state index in [0.29, 0.717) is 37.1 Å². The van der Waals surface area contributed by atoms with Gasteiger partial charge in [0.05, 0.1) is 12.9 Å². The van der Waals surface area contributed by atoms with Crippen LogP contribution in [0.1, 0.15) is 23.3 Å². The van der Waals surface area contributed by atoms with E-state index >= 15 is 0 Å². The van der Waals surface area contributed by atoms with Gasteiger partial charge in [-0.15, -0.1) is 0 Å². The number of nitrogens with zero attached hydrogens (tertiary/aromatic N) is 3. The first-order valence-corrected chi connectivity index (χ1v) is 8.76. The van der Waals surface area contributed by atoms with Crippen molar-refractivity contribution in [1.29, 1.82) is 0 Å². The summed E-state index contributed by atoms with van der Waals surface area (Å²) in [7, 11) is 1.85. The van der Waals surface area contributed by atoms with Gasteiger partial charge in [0, 0.05) is 37.5 Å². The molecule has 1 aromatic carbocycles. The number of imidazole rings is 1. The zero-order valence-electron chi connectivity index (χ0n) is 14.2. The van der Waals surface area contributed by atoms with Gasteiger partial charge < -0.3 is 18.9 Å². The molecule has 0 saturated carbocycles. The van der Waals surface area contributed by atoms with Gasteiger partial charge in [0.15, 0.2) is 0 Å². The quantitative estimate of drug-likeness (QED) is 0.792. The van der Waals surface area contributed by atoms with Crippen LogP contribution in [0.25, 0.3) is 0 Å². The summed E-state index contributed by atoms with van der Waals surface area (Å²) in [5, 5.41) is 0.668. The number of hydrogen-bond acceptors (Lipinski definition) is 4. The summed E-state index contributed by atoms with van der Waals surface area (Å²) < 4.78 is 13.0. The number of carbonyl (C=O) groups excluding carboxylic acids is 1. The smallest absolute Gasteiger partial charge is 0.274 e. The average molecular weight is 364 g/mol. The van der Waals surface area contributed by atoms with Crippen LogP contribution in [-0.4, -0.2) is 52.8 Å². The van der Waals surface area contributed by atoms with Crippen molar-refractivity contribution >= 4 is 17.5 Å². The van der Waals surface area contributed by atoms with Crippen LogP contribution in [0.5, 0.6) is 5.75 Å². The minimum Gasteiger partial charge on any atom is -0.492 e. The lowest BCUT2D eigenvalue weighted by Gasteiger charge is -2.33. The molecule has 1 aromatic heterocycles. The monoisotopic (exact) mass is 363 g/mol. The Morgan fingerprint density at radius 3 is 2.72 bits per heavy atom. The zero-order valence-corrected chi connectivity index (χ0v) is 15.0. The SMILES string of the molecule is Cn1cnc(C(=O)N(CCOc2ccc(Cl)cc2)C2CCOCC2)c1. The van der Waals surface area contributed by atoms with Crippen LogP contribution in [0.4, 0.5) is 0 Å². The third kappa shape index (κ3) is 4.74. The molecule has 6 nitrogen and oxygen atoms in total. The molecule has 25 heavy (non-hydrogen) atoms. The lowest BCUT2D eigenvalue weighted by molar-refractivity contribution is 0.0253. The minimum atomic E-state index is -0.0628. The van der Waals surface area contributed by atoms with Crippen LogP contribution in [-0.2, 0) is 11.8 Å². The Balaban J connectivity index is 1.65. The molecule has 1 amide bonds. The van der Waals surface area contributed by atoms with E-state index in [9.17, 15) is 4.79 Å². The molecule has 1 aliphatic heterocycles. The first kappa shape index (κ1) is 17.8. The zero-order chi connectivity index (χ0) is 17.6. The number of aromatic nitrogens is 2. The lowest BCUT2D eigenvalue weighted by Crippen LogP contribution is -2.45. The molecule has 1 aliphatic rings. The van der Waals surface area contributed by atoms with Gasteiger partial charge in [-0.3, -0.25) is 4.79 Å². The minimum absolute atomic E-state index is 0.0628. The number of ether oxygens (including phenoxy) is 2. The van der Waals surface area contributed by atoms with Crippen LogP contribution >= 0.6 is 11.6 Å². The molecule has 0 aliphatic carbocycles. The van der Waals surface area contributed by atoms with Gasteiger partial charge in [-0.1, -0.05) is 11.6 Å². The van der Waals surface area contributed by atoms with Crippen molar-refractivity contribution in [1.82, 2.24) is 14.5 Å². The summed E-state index contributed by atoms with van der Waals surface area (Å²) in [6, 6.07) is 7.36. The van der Waals surface area contributed by atoms with E-state index in [-0.39, 0.29) is 11.9 Å². The molecule has 3 rings (SSSR count). The van der Waals surface area contributed by atoms with Gasteiger partial charge in [-0.25, -0.2) is 4.98 Å². The molecule has 0 spiro atoms. The molecule has 1 fully saturated rings. The van der Waals surface area contributed by atoms with Gasteiger partial charge in [-0.2, -0.15) is 0 Å². The van der Waals surface area contributed by atoms with Gasteiger partial charge in [0.25, 0.3) is 5.91 Å². The highest BCUT2D eigenvalue weighted by atomic mass is 35.5. The topological polar surface area (TPSA) is 56.6 Å². The number of amides is 1. The van der Waals surface area contributed by atoms with E-state index in [2.05, 4.69) is 4.98 Å². The van der Waals surface area contributed by atoms with Crippen LogP contribution < -0.4 is 4.74 Å². The molecular weight excluding hydrogens is 342 g/mol. The largest absolute Gasteiger partial charge is 0.492 e. The van der Waals surface area contributed by atoms with Crippen molar-refractivity contribution in [3.8, 4) is 5.75 Å². The summed E-state index contributed by atoms with van der Waals surface area (Å²) in [5.41, 5.74) is 0.459. The fraction of sp³-hybridized carbons (Fsp3) is 0.444. The van der Waals surface area contributed by atoms with Gasteiger partial charge in [0.2, 0.25) is 0 Å². The van der Waals surface area contributed by atoms with Crippen molar-refractivity contribution in [2.24, 2.45) is 7.05 Å². The lowest BCUT2D eigenvalue weighted by atomic mass is 10.1. The number of rotatable bonds is 6. The predicted octanol–water partition coefficient (Wildman–Crippen LogP) is 2.77. The number of aryl methyl sites for hydroxylation is 1. The maximum Gasteiger partial charge on any atom is 0.274 e. The fourth-order valence-electron chi connectivity index (χ4n) is 2.91. The van der Waals surface area contributed by atoms with E-state index < -0.39 is 0 Å². The standard InChI is InChI=1S/C18H22ClN3O3/c1-21-12-17(20-13-21)18(23)22(15-6-9-24-10-7-15)8-11-25-16-4-2-14(19)3-5-16/h2-5,12-13,15H,6-11H2,1H3. The second kappa shape index (κ2) is 8.36. The van der Waals surface area contributed by atoms with E-state index in [1.165, 1.54) is 0 Å². The van der Waals surface area contributed by atoms with Crippen LogP contribution in [0, 0.1) is 0 Å². The number of benzene rings is 1. The van der Waals surface area contributed by atoms with Crippen LogP contribution in [0.15, 0.2) is 36.8 Å². The molecule has 0 bridgehead atoms. The highest BCUT2D eigenvalue weighted by molar-refractivity contribution is 6.30. The maximum absolute atomic E-state index is 12.9. The summed E-state index contributed by atoms with van der Waals surface area (Å²) in [5.74, 6) is 0.675. The summed E-state index contributed by atoms with van der Waals surface area (Å²) in [6.07, 6.45) is 5.05. The molecule has 2 heterocycles. The summed E-state index contributed by atoms with van der Waals surface area (Å²) >= 11 is 5.88. The van der Waals surface area contributed by atoms with Crippen molar-refractivity contribution in [2.75, 3.05) is 26.4 Å². The second-order valence-electron chi connectivity index (χ2n) is 6.07. The molecule has 7 heteroatoms. The summed E-state index contributed by atoms with van der Waals surface area (Å²) in [6.45, 7) is 2.27. The number of carbonyl (C=O) groups is 1. The Bertz CT molecular complexity index is 696. The highest BCUT2D eigenvalue weighted by Gasteiger charge is 2.27. The first-order valence-electron chi connectivity index (χ1n) is 8.38. The Labute approximate surface area is 152 Å². The molecular formula is C18H22ClN3O3. The third-order valence-corrected chi connectivity index (χ3v) is 4.48. The molecule has 0 N–H and O–H groups in total. The highest BCUT2D eigenvalue weighted by Crippen LogP contribution is 2.18. The Morgan fingerprint density at radius 2 is 2.08 bits per heavy atom. The Kier molecular flexibility index (Phi) is 5.94. The van der Waals surface area contributed by atoms with Crippen molar-refractivity contribution in [2.45, 2.75) is 18.9 Å². The Morgan fingerprint density at radius 1 is 1.36 bits per heavy atom. The second-order valence-corrected chi connectivity index (χ2v) is 6.51. The van der Waals surface area contributed by atoms with Crippen LogP contribution in [0.3, 0.4) is 0 Å². The third-order valence-electron chi connectivity index (χ3n) is 4.23. The van der Waals surface area contributed by atoms with Crippen LogP contribution in [0.2, 0.25) is 5.02 Å². The first-order chi connectivity index (χ1) is 12.1. The Hall–Kier alpha value is -2.05. The van der Waals surface area contributed by atoms with Crippen molar-refractivity contribution in [3.63, 3.8) is 0 Å². The van der Waals surface area contributed by atoms with E-state index in [1.54, 1.807) is 29.2 Å². The maximum atomic E-state index is 12.9. The molecule has 1 saturated heterocycles. The van der Waals surface area contributed by atoms with E-state index in [0.717, 1.165) is 18.6 Å². The van der Waals surface area contributed by atoms with E-state index in [4.69, 9.17) is 21.1 Å². The van der Waals surface area contributed by atoms with Crippen molar-refractivity contribution < 1.29 is 14.3 Å². The fourth-order valence-corrected chi connectivity index (χ4v) is 3.04. The van der Waals surface area contributed by atoms with E-state index in [1.807, 2.05) is 24.1 Å². The van der Waals surface area contributed by atoms with Gasteiger partial charge in [-0.05, 0) is 37.1 Å². The molecule has 0 unspecified atom stereocenters. The van der Waals surface area contributed by atoms with Gasteiger partial charge in [0.1, 0.15) is 18.1 Å². The van der Waals surface area contributed by atoms with Gasteiger partial charge >= 0.3 is 0 Å². The predicted molar refractivity (Wildman–Crippen MR) is 95.0 cm³/mol. The molecule has 0 radical (unpaired) electrons. The number of hydrogen-bond donors (Lipinski definition) is 0. The molecule has 2 aromatic rings. The number of halogens is 1.